The van der Waals surface area contributed by atoms with Crippen molar-refractivity contribution in [2.45, 2.75) is 39.7 Å². The molecule has 0 bridgehead atoms. The molecule has 2 amide bonds. The maximum Gasteiger partial charge on any atom is 0.251 e. The van der Waals surface area contributed by atoms with Crippen LogP contribution in [-0.4, -0.2) is 24.4 Å². The molecule has 0 unspecified atom stereocenters. The first-order valence-electron chi connectivity index (χ1n) is 8.95. The van der Waals surface area contributed by atoms with Gasteiger partial charge in [0.15, 0.2) is 0 Å². The van der Waals surface area contributed by atoms with Crippen molar-refractivity contribution in [1.29, 1.82) is 0 Å². The predicted molar refractivity (Wildman–Crippen MR) is 105 cm³/mol. The van der Waals surface area contributed by atoms with Gasteiger partial charge in [-0.2, -0.15) is 0 Å². The molecule has 2 aromatic carbocycles. The molecule has 0 spiro atoms. The second-order valence-corrected chi connectivity index (χ2v) is 6.98. The van der Waals surface area contributed by atoms with Crippen LogP contribution in [0.4, 0.5) is 11.4 Å². The molecule has 1 fully saturated rings. The second-order valence-electron chi connectivity index (χ2n) is 6.98. The van der Waals surface area contributed by atoms with Crippen LogP contribution in [-0.2, 0) is 4.79 Å². The van der Waals surface area contributed by atoms with E-state index in [2.05, 4.69) is 16.0 Å². The van der Waals surface area contributed by atoms with Crippen molar-refractivity contribution in [3.8, 4) is 0 Å². The molecule has 0 aromatic heterocycles. The van der Waals surface area contributed by atoms with Crippen molar-refractivity contribution in [1.82, 2.24) is 5.32 Å². The van der Waals surface area contributed by atoms with Crippen molar-refractivity contribution >= 4 is 23.2 Å². The van der Waals surface area contributed by atoms with Crippen molar-refractivity contribution in [3.63, 3.8) is 0 Å². The predicted octanol–water partition coefficient (Wildman–Crippen LogP) is 3.55. The van der Waals surface area contributed by atoms with Crippen LogP contribution in [0.3, 0.4) is 0 Å². The van der Waals surface area contributed by atoms with Gasteiger partial charge in [0.25, 0.3) is 5.91 Å². The van der Waals surface area contributed by atoms with E-state index in [9.17, 15) is 9.59 Å². The van der Waals surface area contributed by atoms with Crippen LogP contribution in [0.5, 0.6) is 0 Å². The van der Waals surface area contributed by atoms with E-state index in [-0.39, 0.29) is 18.4 Å². The molecule has 136 valence electrons. The Morgan fingerprint density at radius 1 is 0.962 bits per heavy atom. The van der Waals surface area contributed by atoms with Gasteiger partial charge in [0.1, 0.15) is 0 Å². The molecule has 5 nitrogen and oxygen atoms in total. The zero-order valence-electron chi connectivity index (χ0n) is 15.5. The third kappa shape index (κ3) is 4.63. The van der Waals surface area contributed by atoms with Gasteiger partial charge in [0, 0.05) is 23.0 Å². The van der Waals surface area contributed by atoms with Gasteiger partial charge in [0.2, 0.25) is 5.91 Å². The first kappa shape index (κ1) is 18.0. The summed E-state index contributed by atoms with van der Waals surface area (Å²) >= 11 is 0. The van der Waals surface area contributed by atoms with Crippen LogP contribution < -0.4 is 16.0 Å². The monoisotopic (exact) mass is 351 g/mol. The fraction of sp³-hybridized carbons (Fsp3) is 0.333. The minimum absolute atomic E-state index is 0.0601. The Hall–Kier alpha value is -2.82. The lowest BCUT2D eigenvalue weighted by molar-refractivity contribution is -0.114. The maximum atomic E-state index is 12.2. The van der Waals surface area contributed by atoms with Crippen molar-refractivity contribution in [3.05, 3.63) is 58.7 Å². The van der Waals surface area contributed by atoms with E-state index in [1.807, 2.05) is 51.1 Å². The van der Waals surface area contributed by atoms with Crippen molar-refractivity contribution in [2.24, 2.45) is 0 Å². The molecule has 1 saturated carbocycles. The van der Waals surface area contributed by atoms with Gasteiger partial charge in [-0.1, -0.05) is 12.1 Å². The summed E-state index contributed by atoms with van der Waals surface area (Å²) in [6.45, 7) is 6.15. The Balaban J connectivity index is 1.60. The summed E-state index contributed by atoms with van der Waals surface area (Å²) in [5.41, 5.74) is 5.52. The third-order valence-corrected chi connectivity index (χ3v) is 4.64. The summed E-state index contributed by atoms with van der Waals surface area (Å²) in [5, 5.41) is 9.00. The summed E-state index contributed by atoms with van der Waals surface area (Å²) in [7, 11) is 0. The van der Waals surface area contributed by atoms with Crippen molar-refractivity contribution < 1.29 is 9.59 Å². The van der Waals surface area contributed by atoms with Gasteiger partial charge in [-0.25, -0.2) is 0 Å². The number of anilines is 2. The topological polar surface area (TPSA) is 70.2 Å². The van der Waals surface area contributed by atoms with Crippen LogP contribution in [0.2, 0.25) is 0 Å². The van der Waals surface area contributed by atoms with Crippen LogP contribution >= 0.6 is 0 Å². The van der Waals surface area contributed by atoms with Gasteiger partial charge in [0.05, 0.1) is 6.54 Å². The van der Waals surface area contributed by atoms with E-state index in [4.69, 9.17) is 0 Å². The summed E-state index contributed by atoms with van der Waals surface area (Å²) in [6.07, 6.45) is 2.11. The van der Waals surface area contributed by atoms with E-state index in [0.29, 0.717) is 11.6 Å². The number of amides is 2. The SMILES string of the molecule is Cc1ccc(NC(=O)CNc2cc(C(=O)NC3CC3)ccc2C)cc1C. The quantitative estimate of drug-likeness (QED) is 0.745. The molecule has 1 aliphatic rings. The first-order valence-corrected chi connectivity index (χ1v) is 8.95. The van der Waals surface area contributed by atoms with Gasteiger partial charge in [-0.3, -0.25) is 9.59 Å². The summed E-state index contributed by atoms with van der Waals surface area (Å²) in [6, 6.07) is 11.7. The Morgan fingerprint density at radius 2 is 1.69 bits per heavy atom. The van der Waals surface area contributed by atoms with E-state index >= 15 is 0 Å². The lowest BCUT2D eigenvalue weighted by Crippen LogP contribution is -2.26. The number of rotatable bonds is 6. The number of carbonyl (C=O) groups is 2. The standard InChI is InChI=1S/C21H25N3O2/c1-13-5-7-18(10-15(13)3)23-20(25)12-22-19-11-16(6-4-14(19)2)21(26)24-17-8-9-17/h4-7,10-11,17,22H,8-9,12H2,1-3H3,(H,23,25)(H,24,26). The molecular weight excluding hydrogens is 326 g/mol. The molecule has 0 saturated heterocycles. The fourth-order valence-corrected chi connectivity index (χ4v) is 2.65. The van der Waals surface area contributed by atoms with Crippen LogP contribution in [0.1, 0.15) is 39.9 Å². The summed E-state index contributed by atoms with van der Waals surface area (Å²) in [4.78, 5) is 24.4. The zero-order chi connectivity index (χ0) is 18.7. The lowest BCUT2D eigenvalue weighted by atomic mass is 10.1. The summed E-state index contributed by atoms with van der Waals surface area (Å²) < 4.78 is 0. The Labute approximate surface area is 154 Å². The number of carbonyl (C=O) groups excluding carboxylic acids is 2. The molecule has 0 heterocycles. The zero-order valence-corrected chi connectivity index (χ0v) is 15.5. The van der Waals surface area contributed by atoms with Crippen LogP contribution in [0, 0.1) is 20.8 Å². The first-order chi connectivity index (χ1) is 12.4. The fourth-order valence-electron chi connectivity index (χ4n) is 2.65. The normalized spacial score (nSPS) is 13.2. The smallest absolute Gasteiger partial charge is 0.251 e. The highest BCUT2D eigenvalue weighted by Gasteiger charge is 2.23. The van der Waals surface area contributed by atoms with Gasteiger partial charge in [-0.15, -0.1) is 0 Å². The number of hydrogen-bond donors (Lipinski definition) is 3. The maximum absolute atomic E-state index is 12.2. The number of aryl methyl sites for hydroxylation is 3. The molecule has 1 aliphatic carbocycles. The third-order valence-electron chi connectivity index (χ3n) is 4.64. The Morgan fingerprint density at radius 3 is 2.38 bits per heavy atom. The molecule has 3 rings (SSSR count). The highest BCUT2D eigenvalue weighted by molar-refractivity contribution is 5.96. The molecule has 2 aromatic rings. The largest absolute Gasteiger partial charge is 0.376 e. The molecule has 5 heteroatoms. The highest BCUT2D eigenvalue weighted by atomic mass is 16.2. The van der Waals surface area contributed by atoms with E-state index in [1.165, 1.54) is 5.56 Å². The van der Waals surface area contributed by atoms with Crippen molar-refractivity contribution in [2.75, 3.05) is 17.2 Å². The van der Waals surface area contributed by atoms with Gasteiger partial charge < -0.3 is 16.0 Å². The average Bonchev–Trinajstić information content (AvgIpc) is 3.41. The lowest BCUT2D eigenvalue weighted by Gasteiger charge is -2.12. The molecule has 26 heavy (non-hydrogen) atoms. The molecule has 0 radical (unpaired) electrons. The minimum atomic E-state index is -0.125. The Bertz CT molecular complexity index is 841. The number of benzene rings is 2. The van der Waals surface area contributed by atoms with E-state index in [1.54, 1.807) is 6.07 Å². The number of nitrogens with one attached hydrogen (secondary N) is 3. The highest BCUT2D eigenvalue weighted by Crippen LogP contribution is 2.21. The summed E-state index contributed by atoms with van der Waals surface area (Å²) in [5.74, 6) is -0.185. The van der Waals surface area contributed by atoms with Gasteiger partial charge >= 0.3 is 0 Å². The average molecular weight is 351 g/mol. The van der Waals surface area contributed by atoms with Crippen LogP contribution in [0.25, 0.3) is 0 Å². The molecule has 0 aliphatic heterocycles. The minimum Gasteiger partial charge on any atom is -0.376 e. The second kappa shape index (κ2) is 7.60. The molecular formula is C21H25N3O2. The Kier molecular flexibility index (Phi) is 5.26. The molecule has 0 atom stereocenters. The molecule has 3 N–H and O–H groups in total. The van der Waals surface area contributed by atoms with Crippen LogP contribution in [0.15, 0.2) is 36.4 Å². The van der Waals surface area contributed by atoms with E-state index in [0.717, 1.165) is 35.3 Å². The van der Waals surface area contributed by atoms with Gasteiger partial charge in [-0.05, 0) is 74.6 Å². The van der Waals surface area contributed by atoms with E-state index < -0.39 is 0 Å². The number of hydrogen-bond acceptors (Lipinski definition) is 3.